The Hall–Kier alpha value is -1.79. The first-order valence-corrected chi connectivity index (χ1v) is 8.84. The van der Waals surface area contributed by atoms with Crippen LogP contribution in [0.4, 0.5) is 0 Å². The van der Waals surface area contributed by atoms with Crippen LogP contribution in [0.5, 0.6) is 5.75 Å². The van der Waals surface area contributed by atoms with Gasteiger partial charge in [-0.2, -0.15) is 0 Å². The number of hydrogen-bond acceptors (Lipinski definition) is 5. The average Bonchev–Trinajstić information content (AvgIpc) is 3.02. The smallest absolute Gasteiger partial charge is 0.272 e. The van der Waals surface area contributed by atoms with Gasteiger partial charge in [0.2, 0.25) is 0 Å². The molecule has 0 amide bonds. The molecule has 1 aromatic carbocycles. The summed E-state index contributed by atoms with van der Waals surface area (Å²) in [5.41, 5.74) is 1.92. The number of para-hydroxylation sites is 1. The van der Waals surface area contributed by atoms with Gasteiger partial charge < -0.3 is 4.74 Å². The van der Waals surface area contributed by atoms with Gasteiger partial charge in [0.15, 0.2) is 5.16 Å². The number of benzene rings is 1. The molecule has 0 radical (unpaired) electrons. The van der Waals surface area contributed by atoms with E-state index in [2.05, 4.69) is 4.98 Å². The fraction of sp³-hybridized carbons (Fsp3) is 0.250. The molecule has 3 rings (SSSR count). The molecule has 22 heavy (non-hydrogen) atoms. The number of aromatic nitrogens is 2. The first-order valence-electron chi connectivity index (χ1n) is 6.97. The molecule has 0 bridgehead atoms. The van der Waals surface area contributed by atoms with E-state index in [1.165, 1.54) is 11.3 Å². The van der Waals surface area contributed by atoms with Crippen LogP contribution in [0.15, 0.2) is 45.7 Å². The summed E-state index contributed by atoms with van der Waals surface area (Å²) in [4.78, 5) is 17.1. The lowest BCUT2D eigenvalue weighted by molar-refractivity contribution is 0.411. The Bertz CT molecular complexity index is 855. The summed E-state index contributed by atoms with van der Waals surface area (Å²) in [7, 11) is 1.67. The van der Waals surface area contributed by atoms with Crippen molar-refractivity contribution in [2.45, 2.75) is 24.4 Å². The molecular formula is C16H16N2O2S2. The SMILES string of the molecule is CCn1c(SCc2ccccc2OC)nc2ccsc2c1=O. The summed E-state index contributed by atoms with van der Waals surface area (Å²) < 4.78 is 7.83. The highest BCUT2D eigenvalue weighted by molar-refractivity contribution is 7.98. The quantitative estimate of drug-likeness (QED) is 0.527. The van der Waals surface area contributed by atoms with Crippen molar-refractivity contribution in [1.29, 1.82) is 0 Å². The highest BCUT2D eigenvalue weighted by Crippen LogP contribution is 2.27. The Balaban J connectivity index is 1.95. The van der Waals surface area contributed by atoms with Crippen LogP contribution in [0, 0.1) is 0 Å². The van der Waals surface area contributed by atoms with Crippen molar-refractivity contribution in [1.82, 2.24) is 9.55 Å². The number of rotatable bonds is 5. The van der Waals surface area contributed by atoms with E-state index in [0.717, 1.165) is 26.7 Å². The van der Waals surface area contributed by atoms with Gasteiger partial charge in [-0.15, -0.1) is 11.3 Å². The minimum absolute atomic E-state index is 0.0463. The number of methoxy groups -OCH3 is 1. The number of thiophene rings is 1. The van der Waals surface area contributed by atoms with Crippen molar-refractivity contribution >= 4 is 33.3 Å². The third-order valence-electron chi connectivity index (χ3n) is 3.40. The third-order valence-corrected chi connectivity index (χ3v) is 5.31. The lowest BCUT2D eigenvalue weighted by Crippen LogP contribution is -2.21. The van der Waals surface area contributed by atoms with Crippen molar-refractivity contribution in [3.63, 3.8) is 0 Å². The van der Waals surface area contributed by atoms with Crippen LogP contribution in [0.2, 0.25) is 0 Å². The second-order valence-electron chi connectivity index (χ2n) is 4.68. The van der Waals surface area contributed by atoms with Crippen LogP contribution in [0.1, 0.15) is 12.5 Å². The molecule has 0 N–H and O–H groups in total. The molecule has 0 aliphatic carbocycles. The van der Waals surface area contributed by atoms with Gasteiger partial charge in [0.25, 0.3) is 5.56 Å². The molecule has 3 aromatic rings. The highest BCUT2D eigenvalue weighted by Gasteiger charge is 2.12. The van der Waals surface area contributed by atoms with Crippen LogP contribution >= 0.6 is 23.1 Å². The van der Waals surface area contributed by atoms with Crippen molar-refractivity contribution < 1.29 is 4.74 Å². The van der Waals surface area contributed by atoms with Gasteiger partial charge in [-0.05, 0) is 24.4 Å². The largest absolute Gasteiger partial charge is 0.496 e. The van der Waals surface area contributed by atoms with E-state index in [9.17, 15) is 4.79 Å². The Labute approximate surface area is 136 Å². The summed E-state index contributed by atoms with van der Waals surface area (Å²) in [6, 6.07) is 9.81. The zero-order chi connectivity index (χ0) is 15.5. The Morgan fingerprint density at radius 1 is 1.32 bits per heavy atom. The molecule has 0 atom stereocenters. The summed E-state index contributed by atoms with van der Waals surface area (Å²) in [5.74, 6) is 1.57. The number of thioether (sulfide) groups is 1. The summed E-state index contributed by atoms with van der Waals surface area (Å²) in [6.07, 6.45) is 0. The van der Waals surface area contributed by atoms with Gasteiger partial charge in [0.1, 0.15) is 10.4 Å². The molecule has 2 aromatic heterocycles. The van der Waals surface area contributed by atoms with E-state index < -0.39 is 0 Å². The number of hydrogen-bond donors (Lipinski definition) is 0. The van der Waals surface area contributed by atoms with E-state index in [1.54, 1.807) is 23.4 Å². The van der Waals surface area contributed by atoms with Gasteiger partial charge in [0.05, 0.1) is 12.6 Å². The van der Waals surface area contributed by atoms with Crippen molar-refractivity contribution in [3.8, 4) is 5.75 Å². The molecule has 6 heteroatoms. The van der Waals surface area contributed by atoms with Gasteiger partial charge in [0, 0.05) is 17.9 Å². The zero-order valence-corrected chi connectivity index (χ0v) is 14.0. The van der Waals surface area contributed by atoms with E-state index in [4.69, 9.17) is 4.74 Å². The van der Waals surface area contributed by atoms with E-state index in [0.29, 0.717) is 12.3 Å². The Morgan fingerprint density at radius 2 is 2.14 bits per heavy atom. The highest BCUT2D eigenvalue weighted by atomic mass is 32.2. The van der Waals surface area contributed by atoms with Crippen molar-refractivity contribution in [2.24, 2.45) is 0 Å². The number of fused-ring (bicyclic) bond motifs is 1. The molecule has 0 spiro atoms. The summed E-state index contributed by atoms with van der Waals surface area (Å²) in [6.45, 7) is 2.59. The van der Waals surface area contributed by atoms with Crippen LogP contribution in [-0.4, -0.2) is 16.7 Å². The lowest BCUT2D eigenvalue weighted by Gasteiger charge is -2.11. The van der Waals surface area contributed by atoms with E-state index >= 15 is 0 Å². The first kappa shape index (κ1) is 15.1. The van der Waals surface area contributed by atoms with Crippen molar-refractivity contribution in [3.05, 3.63) is 51.6 Å². The van der Waals surface area contributed by atoms with Gasteiger partial charge in [-0.1, -0.05) is 30.0 Å². The minimum atomic E-state index is 0.0463. The predicted molar refractivity (Wildman–Crippen MR) is 92.1 cm³/mol. The molecule has 0 unspecified atom stereocenters. The molecular weight excluding hydrogens is 316 g/mol. The van der Waals surface area contributed by atoms with Crippen molar-refractivity contribution in [2.75, 3.05) is 7.11 Å². The van der Waals surface area contributed by atoms with Gasteiger partial charge in [-0.3, -0.25) is 9.36 Å². The van der Waals surface area contributed by atoms with Crippen LogP contribution < -0.4 is 10.3 Å². The first-order chi connectivity index (χ1) is 10.7. The monoisotopic (exact) mass is 332 g/mol. The standard InChI is InChI=1S/C16H16N2O2S2/c1-3-18-15(19)14-12(8-9-21-14)17-16(18)22-10-11-6-4-5-7-13(11)20-2/h4-9H,3,10H2,1-2H3. The van der Waals surface area contributed by atoms with Gasteiger partial charge >= 0.3 is 0 Å². The summed E-state index contributed by atoms with van der Waals surface area (Å²) in [5, 5.41) is 2.66. The number of ether oxygens (including phenoxy) is 1. The minimum Gasteiger partial charge on any atom is -0.496 e. The van der Waals surface area contributed by atoms with Crippen LogP contribution in [-0.2, 0) is 12.3 Å². The van der Waals surface area contributed by atoms with Crippen LogP contribution in [0.3, 0.4) is 0 Å². The third kappa shape index (κ3) is 2.76. The molecule has 0 saturated heterocycles. The number of nitrogens with zero attached hydrogens (tertiary/aromatic N) is 2. The topological polar surface area (TPSA) is 44.1 Å². The maximum absolute atomic E-state index is 12.5. The molecule has 0 aliphatic heterocycles. The molecule has 4 nitrogen and oxygen atoms in total. The molecule has 0 fully saturated rings. The maximum atomic E-state index is 12.5. The molecule has 0 saturated carbocycles. The maximum Gasteiger partial charge on any atom is 0.272 e. The Kier molecular flexibility index (Phi) is 4.49. The Morgan fingerprint density at radius 3 is 2.91 bits per heavy atom. The second kappa shape index (κ2) is 6.54. The van der Waals surface area contributed by atoms with E-state index in [-0.39, 0.29) is 5.56 Å². The molecule has 114 valence electrons. The predicted octanol–water partition coefficient (Wildman–Crippen LogP) is 3.78. The lowest BCUT2D eigenvalue weighted by atomic mass is 10.2. The molecule has 2 heterocycles. The molecule has 0 aliphatic rings. The second-order valence-corrected chi connectivity index (χ2v) is 6.54. The summed E-state index contributed by atoms with van der Waals surface area (Å²) >= 11 is 3.01. The average molecular weight is 332 g/mol. The van der Waals surface area contributed by atoms with Gasteiger partial charge in [-0.25, -0.2) is 4.98 Å². The van der Waals surface area contributed by atoms with E-state index in [1.807, 2.05) is 42.6 Å². The normalized spacial score (nSPS) is 11.0. The fourth-order valence-corrected chi connectivity index (χ4v) is 4.11. The fourth-order valence-electron chi connectivity index (χ4n) is 2.28. The van der Waals surface area contributed by atoms with Crippen LogP contribution in [0.25, 0.3) is 10.2 Å². The zero-order valence-electron chi connectivity index (χ0n) is 12.4.